The van der Waals surface area contributed by atoms with Gasteiger partial charge in [0.15, 0.2) is 5.65 Å². The van der Waals surface area contributed by atoms with E-state index < -0.39 is 12.1 Å². The monoisotopic (exact) mass is 459 g/mol. The van der Waals surface area contributed by atoms with Crippen molar-refractivity contribution < 1.29 is 23.5 Å². The molecule has 0 unspecified atom stereocenters. The van der Waals surface area contributed by atoms with Gasteiger partial charge in [0.1, 0.15) is 17.6 Å². The molecule has 0 spiro atoms. The highest BCUT2D eigenvalue weighted by Gasteiger charge is 2.36. The number of nitrogens with one attached hydrogen (secondary N) is 1. The van der Waals surface area contributed by atoms with Crippen LogP contribution in [0.1, 0.15) is 13.8 Å². The van der Waals surface area contributed by atoms with Crippen molar-refractivity contribution in [3.8, 4) is 16.9 Å². The third-order valence-corrected chi connectivity index (χ3v) is 5.82. The number of pyridine rings is 1. The number of anilines is 1. The van der Waals surface area contributed by atoms with Crippen molar-refractivity contribution in [2.45, 2.75) is 19.9 Å². The molecule has 1 atom stereocenters. The zero-order valence-electron chi connectivity index (χ0n) is 17.6. The first-order chi connectivity index (χ1) is 15.5. The maximum Gasteiger partial charge on any atom is 0.411 e. The van der Waals surface area contributed by atoms with E-state index in [1.54, 1.807) is 31.3 Å². The molecule has 1 aliphatic heterocycles. The topological polar surface area (TPSA) is 98.1 Å². The fourth-order valence-electron chi connectivity index (χ4n) is 3.34. The second kappa shape index (κ2) is 9.43. The van der Waals surface area contributed by atoms with Gasteiger partial charge in [-0.15, -0.1) is 16.9 Å². The molecule has 1 aliphatic rings. The molecule has 4 rings (SSSR count). The summed E-state index contributed by atoms with van der Waals surface area (Å²) in [5, 5.41) is 6.98. The molecule has 3 aromatic rings. The van der Waals surface area contributed by atoms with Gasteiger partial charge >= 0.3 is 6.09 Å². The van der Waals surface area contributed by atoms with Crippen molar-refractivity contribution >= 4 is 35.4 Å². The number of aromatic nitrogens is 3. The predicted molar refractivity (Wildman–Crippen MR) is 118 cm³/mol. The van der Waals surface area contributed by atoms with Crippen LogP contribution in [0.3, 0.4) is 0 Å². The van der Waals surface area contributed by atoms with Gasteiger partial charge in [-0.1, -0.05) is 0 Å². The Morgan fingerprint density at radius 1 is 1.25 bits per heavy atom. The van der Waals surface area contributed by atoms with E-state index in [-0.39, 0.29) is 24.3 Å². The number of fused-ring (bicyclic) bond motifs is 1. The number of hydrogen-bond donors (Lipinski definition) is 1. The van der Waals surface area contributed by atoms with Crippen molar-refractivity contribution in [1.29, 1.82) is 0 Å². The second-order valence-corrected chi connectivity index (χ2v) is 7.90. The van der Waals surface area contributed by atoms with Gasteiger partial charge in [-0.3, -0.25) is 15.0 Å². The Bertz CT molecular complexity index is 1150. The first kappa shape index (κ1) is 21.9. The van der Waals surface area contributed by atoms with Crippen LogP contribution in [0.15, 0.2) is 36.5 Å². The lowest BCUT2D eigenvalue weighted by molar-refractivity contribution is -0.119. The Morgan fingerprint density at radius 2 is 2.09 bits per heavy atom. The van der Waals surface area contributed by atoms with Crippen LogP contribution in [-0.2, 0) is 9.53 Å². The summed E-state index contributed by atoms with van der Waals surface area (Å²) in [4.78, 5) is 30.5. The number of nitrogens with zero attached hydrogens (tertiary/aromatic N) is 4. The number of rotatable bonds is 6. The highest BCUT2D eigenvalue weighted by atomic mass is 32.2. The standard InChI is InChI=1S/C21H22FN5O4S/c1-3-30-17-7-6-14(22)9-15(17)13-5-8-18-23-20(25-27(18)10-13)24-19(28)16-11-32-12-26(16)21(29)31-4-2/h5-10,16H,3-4,11-12H2,1-2H3,(H,24,25,28)/t16-/m1/s1. The van der Waals surface area contributed by atoms with Gasteiger partial charge in [0.25, 0.3) is 5.91 Å². The highest BCUT2D eigenvalue weighted by Crippen LogP contribution is 2.31. The summed E-state index contributed by atoms with van der Waals surface area (Å²) in [5.74, 6) is 0.742. The van der Waals surface area contributed by atoms with E-state index in [0.29, 0.717) is 40.8 Å². The van der Waals surface area contributed by atoms with Crippen LogP contribution in [0.25, 0.3) is 16.8 Å². The maximum atomic E-state index is 13.8. The van der Waals surface area contributed by atoms with Crippen molar-refractivity contribution in [2.24, 2.45) is 0 Å². The van der Waals surface area contributed by atoms with Gasteiger partial charge in [0.05, 0.1) is 19.1 Å². The Hall–Kier alpha value is -3.34. The summed E-state index contributed by atoms with van der Waals surface area (Å²) in [7, 11) is 0. The van der Waals surface area contributed by atoms with Crippen molar-refractivity contribution in [3.05, 3.63) is 42.3 Å². The summed E-state index contributed by atoms with van der Waals surface area (Å²) in [6.07, 6.45) is 1.16. The van der Waals surface area contributed by atoms with Crippen LogP contribution in [0.2, 0.25) is 0 Å². The van der Waals surface area contributed by atoms with E-state index in [1.807, 2.05) is 6.92 Å². The molecule has 11 heteroatoms. The van der Waals surface area contributed by atoms with Crippen LogP contribution >= 0.6 is 11.8 Å². The van der Waals surface area contributed by atoms with Crippen LogP contribution in [-0.4, -0.2) is 62.4 Å². The van der Waals surface area contributed by atoms with Gasteiger partial charge in [0, 0.05) is 23.1 Å². The molecule has 0 saturated carbocycles. The summed E-state index contributed by atoms with van der Waals surface area (Å²) in [5.41, 5.74) is 1.77. The average molecular weight is 460 g/mol. The molecular weight excluding hydrogens is 437 g/mol. The van der Waals surface area contributed by atoms with Crippen molar-refractivity contribution in [1.82, 2.24) is 19.5 Å². The molecule has 0 bridgehead atoms. The molecule has 0 aliphatic carbocycles. The fraction of sp³-hybridized carbons (Fsp3) is 0.333. The molecule has 168 valence electrons. The Labute approximate surface area is 187 Å². The fourth-order valence-corrected chi connectivity index (χ4v) is 4.49. The lowest BCUT2D eigenvalue weighted by Crippen LogP contribution is -2.44. The van der Waals surface area contributed by atoms with E-state index in [1.165, 1.54) is 33.3 Å². The zero-order chi connectivity index (χ0) is 22.7. The Kier molecular flexibility index (Phi) is 6.45. The van der Waals surface area contributed by atoms with E-state index in [4.69, 9.17) is 9.47 Å². The number of ether oxygens (including phenoxy) is 2. The van der Waals surface area contributed by atoms with Crippen LogP contribution in [0, 0.1) is 5.82 Å². The quantitative estimate of drug-likeness (QED) is 0.603. The third-order valence-electron chi connectivity index (χ3n) is 4.81. The van der Waals surface area contributed by atoms with Crippen LogP contribution in [0.5, 0.6) is 5.75 Å². The second-order valence-electron chi connectivity index (χ2n) is 6.90. The molecule has 3 heterocycles. The molecule has 1 N–H and O–H groups in total. The molecule has 9 nitrogen and oxygen atoms in total. The predicted octanol–water partition coefficient (Wildman–Crippen LogP) is 3.40. The molecule has 0 radical (unpaired) electrons. The van der Waals surface area contributed by atoms with E-state index in [2.05, 4.69) is 15.4 Å². The first-order valence-corrected chi connectivity index (χ1v) is 11.3. The number of benzene rings is 1. The van der Waals surface area contributed by atoms with Gasteiger partial charge in [-0.05, 0) is 44.2 Å². The van der Waals surface area contributed by atoms with Gasteiger partial charge in [-0.2, -0.15) is 4.98 Å². The summed E-state index contributed by atoms with van der Waals surface area (Å²) in [6.45, 7) is 4.25. The smallest absolute Gasteiger partial charge is 0.411 e. The van der Waals surface area contributed by atoms with Crippen LogP contribution < -0.4 is 10.1 Å². The number of hydrogen-bond acceptors (Lipinski definition) is 7. The summed E-state index contributed by atoms with van der Waals surface area (Å²) in [6, 6.07) is 7.16. The van der Waals surface area contributed by atoms with Crippen LogP contribution in [0.4, 0.5) is 15.1 Å². The van der Waals surface area contributed by atoms with E-state index in [9.17, 15) is 14.0 Å². The normalized spacial score (nSPS) is 15.7. The molecule has 1 saturated heterocycles. The number of carbonyl (C=O) groups is 2. The van der Waals surface area contributed by atoms with Crippen molar-refractivity contribution in [2.75, 3.05) is 30.2 Å². The molecule has 2 aromatic heterocycles. The highest BCUT2D eigenvalue weighted by molar-refractivity contribution is 7.99. The third kappa shape index (κ3) is 4.47. The summed E-state index contributed by atoms with van der Waals surface area (Å²) < 4.78 is 26.0. The number of halogens is 1. The average Bonchev–Trinajstić information content (AvgIpc) is 3.41. The SMILES string of the molecule is CCOC(=O)N1CSC[C@@H]1C(=O)Nc1nc2ccc(-c3cc(F)ccc3OCC)cn2n1. The Morgan fingerprint density at radius 3 is 2.88 bits per heavy atom. The minimum Gasteiger partial charge on any atom is -0.493 e. The van der Waals surface area contributed by atoms with E-state index in [0.717, 1.165) is 0 Å². The molecule has 2 amide bonds. The molecule has 32 heavy (non-hydrogen) atoms. The Balaban J connectivity index is 1.56. The van der Waals surface area contributed by atoms with Crippen molar-refractivity contribution in [3.63, 3.8) is 0 Å². The van der Waals surface area contributed by atoms with E-state index >= 15 is 0 Å². The van der Waals surface area contributed by atoms with Gasteiger partial charge in [0.2, 0.25) is 5.95 Å². The summed E-state index contributed by atoms with van der Waals surface area (Å²) >= 11 is 1.47. The lowest BCUT2D eigenvalue weighted by atomic mass is 10.1. The van der Waals surface area contributed by atoms with Gasteiger partial charge < -0.3 is 9.47 Å². The largest absolute Gasteiger partial charge is 0.493 e. The minimum absolute atomic E-state index is 0.108. The molecular formula is C21H22FN5O4S. The zero-order valence-corrected chi connectivity index (χ0v) is 18.4. The van der Waals surface area contributed by atoms with Gasteiger partial charge in [-0.25, -0.2) is 13.7 Å². The number of carbonyl (C=O) groups excluding carboxylic acids is 2. The number of thioether (sulfide) groups is 1. The maximum absolute atomic E-state index is 13.8. The lowest BCUT2D eigenvalue weighted by Gasteiger charge is -2.21. The molecule has 1 aromatic carbocycles. The first-order valence-electron chi connectivity index (χ1n) is 10.1. The minimum atomic E-state index is -0.665. The molecule has 1 fully saturated rings. The number of amides is 2.